The maximum atomic E-state index is 3.60. The molecule has 2 rings (SSSR count). The highest BCUT2D eigenvalue weighted by molar-refractivity contribution is 9.11. The van der Waals surface area contributed by atoms with Crippen molar-refractivity contribution in [2.75, 3.05) is 6.54 Å². The zero-order valence-corrected chi connectivity index (χ0v) is 14.1. The topological polar surface area (TPSA) is 12.0 Å². The molecule has 4 heteroatoms. The van der Waals surface area contributed by atoms with Gasteiger partial charge in [-0.1, -0.05) is 6.92 Å². The molecule has 0 aliphatic heterocycles. The minimum Gasteiger partial charge on any atom is -0.309 e. The molecular weight excluding hydrogens is 326 g/mol. The number of hydrogen-bond acceptors (Lipinski definition) is 3. The number of aryl methyl sites for hydroxylation is 2. The number of hydrogen-bond donors (Lipinski definition) is 1. The van der Waals surface area contributed by atoms with E-state index < -0.39 is 0 Å². The van der Waals surface area contributed by atoms with Crippen LogP contribution in [0.3, 0.4) is 0 Å². The Balaban J connectivity index is 2.17. The van der Waals surface area contributed by atoms with E-state index in [0.717, 1.165) is 13.0 Å². The lowest BCUT2D eigenvalue weighted by Crippen LogP contribution is -2.21. The van der Waals surface area contributed by atoms with Gasteiger partial charge >= 0.3 is 0 Å². The second kappa shape index (κ2) is 6.33. The van der Waals surface area contributed by atoms with E-state index in [4.69, 9.17) is 0 Å². The first kappa shape index (κ1) is 14.3. The first-order chi connectivity index (χ1) is 8.60. The molecule has 0 aliphatic rings. The number of nitrogens with one attached hydrogen (secondary N) is 1. The van der Waals surface area contributed by atoms with Crippen molar-refractivity contribution < 1.29 is 0 Å². The van der Waals surface area contributed by atoms with E-state index in [-0.39, 0.29) is 0 Å². The minimum atomic E-state index is 0.443. The molecule has 0 saturated heterocycles. The van der Waals surface area contributed by atoms with E-state index in [9.17, 15) is 0 Å². The minimum absolute atomic E-state index is 0.443. The van der Waals surface area contributed by atoms with Gasteiger partial charge < -0.3 is 5.32 Å². The highest BCUT2D eigenvalue weighted by Crippen LogP contribution is 2.31. The van der Waals surface area contributed by atoms with E-state index in [1.165, 1.54) is 24.0 Å². The Labute approximate surface area is 125 Å². The van der Waals surface area contributed by atoms with Gasteiger partial charge in [-0.2, -0.15) is 0 Å². The predicted octanol–water partition coefficient (Wildman–Crippen LogP) is 5.08. The monoisotopic (exact) mass is 343 g/mol. The van der Waals surface area contributed by atoms with Gasteiger partial charge in [0.2, 0.25) is 0 Å². The van der Waals surface area contributed by atoms with E-state index in [1.54, 1.807) is 0 Å². The molecule has 1 atom stereocenters. The van der Waals surface area contributed by atoms with E-state index in [2.05, 4.69) is 60.2 Å². The van der Waals surface area contributed by atoms with Crippen molar-refractivity contribution >= 4 is 38.6 Å². The van der Waals surface area contributed by atoms with Crippen LogP contribution in [-0.2, 0) is 6.42 Å². The Morgan fingerprint density at radius 3 is 2.56 bits per heavy atom. The fourth-order valence-electron chi connectivity index (χ4n) is 1.96. The molecule has 0 aromatic carbocycles. The standard InChI is InChI=1S/C14H18BrNS2/c1-4-16-12(8-11-5-6-14(15)18-11)13-7-9(2)10(3)17-13/h5-7,12,16H,4,8H2,1-3H3. The summed E-state index contributed by atoms with van der Waals surface area (Å²) in [5.74, 6) is 0. The van der Waals surface area contributed by atoms with Gasteiger partial charge in [0.15, 0.2) is 0 Å². The molecule has 1 N–H and O–H groups in total. The summed E-state index contributed by atoms with van der Waals surface area (Å²) in [5.41, 5.74) is 1.41. The summed E-state index contributed by atoms with van der Waals surface area (Å²) in [6, 6.07) is 7.12. The molecule has 2 aromatic heterocycles. The summed E-state index contributed by atoms with van der Waals surface area (Å²) in [4.78, 5) is 4.31. The van der Waals surface area contributed by atoms with E-state index >= 15 is 0 Å². The number of likely N-dealkylation sites (N-methyl/N-ethyl adjacent to an activating group) is 1. The molecule has 2 aromatic rings. The van der Waals surface area contributed by atoms with Crippen molar-refractivity contribution in [1.82, 2.24) is 5.32 Å². The average Bonchev–Trinajstić information content (AvgIpc) is 2.86. The third-order valence-corrected chi connectivity index (χ3v) is 5.93. The quantitative estimate of drug-likeness (QED) is 0.797. The van der Waals surface area contributed by atoms with Crippen LogP contribution >= 0.6 is 38.6 Å². The van der Waals surface area contributed by atoms with Gasteiger partial charge in [0, 0.05) is 27.1 Å². The van der Waals surface area contributed by atoms with Crippen LogP contribution in [0.5, 0.6) is 0 Å². The lowest BCUT2D eigenvalue weighted by Gasteiger charge is -2.15. The molecule has 0 radical (unpaired) electrons. The van der Waals surface area contributed by atoms with Crippen molar-refractivity contribution in [3.63, 3.8) is 0 Å². The molecule has 0 fully saturated rings. The molecule has 1 nitrogen and oxygen atoms in total. The Bertz CT molecular complexity index is 496. The Morgan fingerprint density at radius 2 is 2.06 bits per heavy atom. The Morgan fingerprint density at radius 1 is 1.28 bits per heavy atom. The van der Waals surface area contributed by atoms with Crippen LogP contribution in [0.2, 0.25) is 0 Å². The summed E-state index contributed by atoms with van der Waals surface area (Å²) < 4.78 is 1.21. The summed E-state index contributed by atoms with van der Waals surface area (Å²) in [5, 5.41) is 3.60. The van der Waals surface area contributed by atoms with Gasteiger partial charge in [-0.05, 0) is 60.1 Å². The van der Waals surface area contributed by atoms with Crippen LogP contribution in [-0.4, -0.2) is 6.54 Å². The molecule has 0 amide bonds. The third-order valence-electron chi connectivity index (χ3n) is 3.01. The molecule has 0 saturated carbocycles. The maximum Gasteiger partial charge on any atom is 0.0701 e. The first-order valence-electron chi connectivity index (χ1n) is 6.14. The molecule has 98 valence electrons. The largest absolute Gasteiger partial charge is 0.309 e. The maximum absolute atomic E-state index is 3.60. The van der Waals surface area contributed by atoms with Gasteiger partial charge in [0.25, 0.3) is 0 Å². The second-order valence-corrected chi connectivity index (χ2v) is 8.24. The number of rotatable bonds is 5. The molecular formula is C14H18BrNS2. The number of halogens is 1. The zero-order chi connectivity index (χ0) is 13.1. The van der Waals surface area contributed by atoms with Crippen molar-refractivity contribution in [3.05, 3.63) is 42.2 Å². The van der Waals surface area contributed by atoms with Crippen LogP contribution in [0, 0.1) is 13.8 Å². The number of thiophene rings is 2. The van der Waals surface area contributed by atoms with Crippen molar-refractivity contribution in [3.8, 4) is 0 Å². The van der Waals surface area contributed by atoms with Gasteiger partial charge in [0.05, 0.1) is 3.79 Å². The summed E-state index contributed by atoms with van der Waals surface area (Å²) >= 11 is 7.28. The zero-order valence-electron chi connectivity index (χ0n) is 10.9. The third kappa shape index (κ3) is 3.44. The lowest BCUT2D eigenvalue weighted by atomic mass is 10.1. The molecule has 1 unspecified atom stereocenters. The van der Waals surface area contributed by atoms with Crippen LogP contribution in [0.15, 0.2) is 22.0 Å². The average molecular weight is 344 g/mol. The molecule has 0 aliphatic carbocycles. The summed E-state index contributed by atoms with van der Waals surface area (Å²) in [6.07, 6.45) is 1.07. The SMILES string of the molecule is CCNC(Cc1ccc(Br)s1)c1cc(C)c(C)s1. The van der Waals surface area contributed by atoms with Crippen LogP contribution in [0.1, 0.15) is 33.2 Å². The normalized spacial score (nSPS) is 12.9. The molecule has 18 heavy (non-hydrogen) atoms. The Kier molecular flexibility index (Phi) is 5.01. The predicted molar refractivity (Wildman–Crippen MR) is 85.9 cm³/mol. The van der Waals surface area contributed by atoms with Crippen molar-refractivity contribution in [2.24, 2.45) is 0 Å². The van der Waals surface area contributed by atoms with Gasteiger partial charge in [0.1, 0.15) is 0 Å². The molecule has 2 heterocycles. The molecule has 0 bridgehead atoms. The Hall–Kier alpha value is -0.160. The fourth-order valence-corrected chi connectivity index (χ4v) is 4.60. The van der Waals surface area contributed by atoms with Gasteiger partial charge in [-0.25, -0.2) is 0 Å². The first-order valence-corrected chi connectivity index (χ1v) is 8.57. The van der Waals surface area contributed by atoms with Crippen molar-refractivity contribution in [2.45, 2.75) is 33.2 Å². The van der Waals surface area contributed by atoms with Crippen molar-refractivity contribution in [1.29, 1.82) is 0 Å². The van der Waals surface area contributed by atoms with E-state index in [1.807, 2.05) is 22.7 Å². The van der Waals surface area contributed by atoms with Gasteiger partial charge in [-0.3, -0.25) is 0 Å². The highest BCUT2D eigenvalue weighted by Gasteiger charge is 2.15. The second-order valence-electron chi connectivity index (χ2n) is 4.41. The van der Waals surface area contributed by atoms with Crippen LogP contribution < -0.4 is 5.32 Å². The smallest absolute Gasteiger partial charge is 0.0701 e. The lowest BCUT2D eigenvalue weighted by molar-refractivity contribution is 0.561. The fraction of sp³-hybridized carbons (Fsp3) is 0.429. The van der Waals surface area contributed by atoms with Crippen LogP contribution in [0.4, 0.5) is 0 Å². The summed E-state index contributed by atoms with van der Waals surface area (Å²) in [6.45, 7) is 7.58. The highest BCUT2D eigenvalue weighted by atomic mass is 79.9. The van der Waals surface area contributed by atoms with Gasteiger partial charge in [-0.15, -0.1) is 22.7 Å². The molecule has 0 spiro atoms. The van der Waals surface area contributed by atoms with E-state index in [0.29, 0.717) is 6.04 Å². The summed E-state index contributed by atoms with van der Waals surface area (Å²) in [7, 11) is 0. The van der Waals surface area contributed by atoms with Crippen LogP contribution in [0.25, 0.3) is 0 Å².